The van der Waals surface area contributed by atoms with Crippen LogP contribution in [-0.4, -0.2) is 62.1 Å². The van der Waals surface area contributed by atoms with Gasteiger partial charge in [0.1, 0.15) is 0 Å². The third-order valence-electron chi connectivity index (χ3n) is 3.95. The van der Waals surface area contributed by atoms with Gasteiger partial charge in [-0.3, -0.25) is 14.7 Å². The number of nitrogens with zero attached hydrogens (tertiary/aromatic N) is 2. The van der Waals surface area contributed by atoms with Crippen LogP contribution >= 0.6 is 0 Å². The third-order valence-corrected chi connectivity index (χ3v) is 3.95. The van der Waals surface area contributed by atoms with Gasteiger partial charge in [-0.15, -0.1) is 0 Å². The molecule has 1 fully saturated rings. The standard InChI is InChI=1S/C16H33N5O/c1-5-17-16(19-10-9-18-15(22)13(3)4)20-12-14-8-7-11-21(14)6-2/h13-14H,5-12H2,1-4H3,(H,18,22)(H2,17,19,20). The topological polar surface area (TPSA) is 68.8 Å². The van der Waals surface area contributed by atoms with E-state index in [1.165, 1.54) is 19.4 Å². The minimum atomic E-state index is 0.0318. The highest BCUT2D eigenvalue weighted by molar-refractivity contribution is 5.80. The number of likely N-dealkylation sites (N-methyl/N-ethyl adjacent to an activating group) is 1. The molecule has 6 heteroatoms. The Morgan fingerprint density at radius 2 is 1.95 bits per heavy atom. The molecule has 128 valence electrons. The number of rotatable bonds is 8. The molecule has 22 heavy (non-hydrogen) atoms. The molecule has 0 radical (unpaired) electrons. The molecule has 1 unspecified atom stereocenters. The van der Waals surface area contributed by atoms with Crippen molar-refractivity contribution in [3.63, 3.8) is 0 Å². The van der Waals surface area contributed by atoms with Gasteiger partial charge in [0.05, 0.1) is 6.54 Å². The zero-order chi connectivity index (χ0) is 16.4. The summed E-state index contributed by atoms with van der Waals surface area (Å²) < 4.78 is 0. The number of hydrogen-bond acceptors (Lipinski definition) is 3. The molecule has 1 amide bonds. The third kappa shape index (κ3) is 6.64. The van der Waals surface area contributed by atoms with E-state index in [0.717, 1.165) is 25.6 Å². The maximum atomic E-state index is 11.5. The Labute approximate surface area is 135 Å². The molecule has 0 saturated carbocycles. The number of carbonyl (C=O) groups excluding carboxylic acids is 1. The molecule has 0 bridgehead atoms. The normalized spacial score (nSPS) is 19.5. The summed E-state index contributed by atoms with van der Waals surface area (Å²) in [6, 6.07) is 0.570. The number of aliphatic imine (C=N–C) groups is 1. The molecule has 0 aliphatic carbocycles. The lowest BCUT2D eigenvalue weighted by molar-refractivity contribution is -0.123. The Morgan fingerprint density at radius 3 is 2.59 bits per heavy atom. The van der Waals surface area contributed by atoms with Crippen molar-refractivity contribution in [1.29, 1.82) is 0 Å². The molecule has 1 rings (SSSR count). The Balaban J connectivity index is 2.34. The summed E-state index contributed by atoms with van der Waals surface area (Å²) in [5, 5.41) is 9.44. The van der Waals surface area contributed by atoms with Crippen molar-refractivity contribution in [2.24, 2.45) is 10.9 Å². The number of nitrogens with one attached hydrogen (secondary N) is 3. The second-order valence-corrected chi connectivity index (χ2v) is 6.02. The van der Waals surface area contributed by atoms with Gasteiger partial charge in [-0.1, -0.05) is 20.8 Å². The van der Waals surface area contributed by atoms with E-state index in [1.807, 2.05) is 13.8 Å². The number of hydrogen-bond donors (Lipinski definition) is 3. The molecule has 0 spiro atoms. The van der Waals surface area contributed by atoms with Crippen LogP contribution in [0.5, 0.6) is 0 Å². The second-order valence-electron chi connectivity index (χ2n) is 6.02. The molecule has 1 saturated heterocycles. The molecule has 1 atom stereocenters. The number of carbonyl (C=O) groups is 1. The monoisotopic (exact) mass is 311 g/mol. The van der Waals surface area contributed by atoms with Crippen molar-refractivity contribution in [1.82, 2.24) is 20.9 Å². The fourth-order valence-electron chi connectivity index (χ4n) is 2.63. The summed E-state index contributed by atoms with van der Waals surface area (Å²) >= 11 is 0. The van der Waals surface area contributed by atoms with Gasteiger partial charge in [0.25, 0.3) is 0 Å². The predicted molar refractivity (Wildman–Crippen MR) is 92.1 cm³/mol. The molecule has 1 aliphatic rings. The molecule has 1 aliphatic heterocycles. The average molecular weight is 311 g/mol. The van der Waals surface area contributed by atoms with Crippen molar-refractivity contribution in [2.45, 2.75) is 46.6 Å². The zero-order valence-corrected chi connectivity index (χ0v) is 14.6. The highest BCUT2D eigenvalue weighted by Crippen LogP contribution is 2.16. The summed E-state index contributed by atoms with van der Waals surface area (Å²) in [6.07, 6.45) is 2.51. The SMILES string of the molecule is CCNC(=NCC1CCCN1CC)NCCNC(=O)C(C)C. The van der Waals surface area contributed by atoms with Crippen LogP contribution in [0, 0.1) is 5.92 Å². The molecule has 3 N–H and O–H groups in total. The van der Waals surface area contributed by atoms with Gasteiger partial charge in [-0.05, 0) is 32.9 Å². The molecular weight excluding hydrogens is 278 g/mol. The van der Waals surface area contributed by atoms with E-state index < -0.39 is 0 Å². The van der Waals surface area contributed by atoms with E-state index in [0.29, 0.717) is 19.1 Å². The Kier molecular flexibility index (Phi) is 8.89. The minimum Gasteiger partial charge on any atom is -0.357 e. The molecule has 0 aromatic carbocycles. The van der Waals surface area contributed by atoms with Gasteiger partial charge in [-0.25, -0.2) is 0 Å². The highest BCUT2D eigenvalue weighted by Gasteiger charge is 2.22. The van der Waals surface area contributed by atoms with E-state index in [2.05, 4.69) is 39.7 Å². The van der Waals surface area contributed by atoms with Crippen LogP contribution in [-0.2, 0) is 4.79 Å². The van der Waals surface area contributed by atoms with Crippen LogP contribution in [0.2, 0.25) is 0 Å². The number of likely N-dealkylation sites (tertiary alicyclic amines) is 1. The number of guanidine groups is 1. The van der Waals surface area contributed by atoms with Gasteiger partial charge < -0.3 is 16.0 Å². The van der Waals surface area contributed by atoms with E-state index in [1.54, 1.807) is 0 Å². The van der Waals surface area contributed by atoms with Crippen LogP contribution in [0.15, 0.2) is 4.99 Å². The Morgan fingerprint density at radius 1 is 1.23 bits per heavy atom. The first-order valence-corrected chi connectivity index (χ1v) is 8.62. The van der Waals surface area contributed by atoms with E-state index in [9.17, 15) is 4.79 Å². The van der Waals surface area contributed by atoms with Crippen molar-refractivity contribution in [2.75, 3.05) is 39.3 Å². The van der Waals surface area contributed by atoms with Gasteiger partial charge >= 0.3 is 0 Å². The number of amides is 1. The van der Waals surface area contributed by atoms with Crippen molar-refractivity contribution in [3.05, 3.63) is 0 Å². The fourth-order valence-corrected chi connectivity index (χ4v) is 2.63. The lowest BCUT2D eigenvalue weighted by Gasteiger charge is -2.21. The van der Waals surface area contributed by atoms with E-state index in [4.69, 9.17) is 0 Å². The molecule has 6 nitrogen and oxygen atoms in total. The van der Waals surface area contributed by atoms with Crippen LogP contribution < -0.4 is 16.0 Å². The largest absolute Gasteiger partial charge is 0.357 e. The van der Waals surface area contributed by atoms with Crippen molar-refractivity contribution < 1.29 is 4.79 Å². The van der Waals surface area contributed by atoms with Crippen LogP contribution in [0.1, 0.15) is 40.5 Å². The molecule has 1 heterocycles. The minimum absolute atomic E-state index is 0.0318. The van der Waals surface area contributed by atoms with Gasteiger partial charge in [0.2, 0.25) is 5.91 Å². The maximum absolute atomic E-state index is 11.5. The maximum Gasteiger partial charge on any atom is 0.222 e. The zero-order valence-electron chi connectivity index (χ0n) is 14.6. The van der Waals surface area contributed by atoms with Gasteiger partial charge in [0.15, 0.2) is 5.96 Å². The fraction of sp³-hybridized carbons (Fsp3) is 0.875. The molecule has 0 aromatic heterocycles. The van der Waals surface area contributed by atoms with Crippen LogP contribution in [0.4, 0.5) is 0 Å². The smallest absolute Gasteiger partial charge is 0.222 e. The Bertz CT molecular complexity index is 356. The van der Waals surface area contributed by atoms with Gasteiger partial charge in [-0.2, -0.15) is 0 Å². The lowest BCUT2D eigenvalue weighted by Crippen LogP contribution is -2.43. The highest BCUT2D eigenvalue weighted by atomic mass is 16.1. The van der Waals surface area contributed by atoms with Gasteiger partial charge in [0, 0.05) is 31.6 Å². The molecule has 0 aromatic rings. The quantitative estimate of drug-likeness (QED) is 0.352. The van der Waals surface area contributed by atoms with Crippen LogP contribution in [0.3, 0.4) is 0 Å². The average Bonchev–Trinajstić information content (AvgIpc) is 2.96. The van der Waals surface area contributed by atoms with Crippen LogP contribution in [0.25, 0.3) is 0 Å². The first-order valence-electron chi connectivity index (χ1n) is 8.62. The summed E-state index contributed by atoms with van der Waals surface area (Å²) in [5.41, 5.74) is 0. The summed E-state index contributed by atoms with van der Waals surface area (Å²) in [6.45, 7) is 13.3. The first kappa shape index (κ1) is 18.7. The van der Waals surface area contributed by atoms with Crippen molar-refractivity contribution >= 4 is 11.9 Å². The second kappa shape index (κ2) is 10.4. The molecular formula is C16H33N5O. The van der Waals surface area contributed by atoms with E-state index >= 15 is 0 Å². The summed E-state index contributed by atoms with van der Waals surface area (Å²) in [7, 11) is 0. The van der Waals surface area contributed by atoms with Crippen molar-refractivity contribution in [3.8, 4) is 0 Å². The predicted octanol–water partition coefficient (Wildman–Crippen LogP) is 0.798. The Hall–Kier alpha value is -1.30. The summed E-state index contributed by atoms with van der Waals surface area (Å²) in [4.78, 5) is 18.7. The lowest BCUT2D eigenvalue weighted by atomic mass is 10.2. The van der Waals surface area contributed by atoms with E-state index in [-0.39, 0.29) is 11.8 Å². The first-order chi connectivity index (χ1) is 10.6. The summed E-state index contributed by atoms with van der Waals surface area (Å²) in [5.74, 6) is 0.960.